The second-order valence-electron chi connectivity index (χ2n) is 3.95. The van der Waals surface area contributed by atoms with Gasteiger partial charge in [0.15, 0.2) is 15.5 Å². The van der Waals surface area contributed by atoms with Crippen LogP contribution in [0.4, 0.5) is 0 Å². The van der Waals surface area contributed by atoms with E-state index in [1.807, 2.05) is 0 Å². The molecule has 2 rings (SSSR count). The Morgan fingerprint density at radius 1 is 1.40 bits per heavy atom. The largest absolute Gasteiger partial charge is 0.476 e. The predicted octanol–water partition coefficient (Wildman–Crippen LogP) is 1.10. The molecule has 20 heavy (non-hydrogen) atoms. The molecule has 7 nitrogen and oxygen atoms in total. The fraction of sp³-hybridized carbons (Fsp3) is 0.182. The van der Waals surface area contributed by atoms with Gasteiger partial charge in [-0.05, 0) is 18.2 Å². The van der Waals surface area contributed by atoms with Crippen molar-refractivity contribution < 1.29 is 18.3 Å². The molecule has 0 bridgehead atoms. The lowest BCUT2D eigenvalue weighted by atomic mass is 10.4. The van der Waals surface area contributed by atoms with Crippen molar-refractivity contribution in [2.45, 2.75) is 11.4 Å². The van der Waals surface area contributed by atoms with Crippen LogP contribution in [0.3, 0.4) is 0 Å². The highest BCUT2D eigenvalue weighted by Crippen LogP contribution is 2.16. The van der Waals surface area contributed by atoms with Gasteiger partial charge in [0.2, 0.25) is 0 Å². The van der Waals surface area contributed by atoms with Crippen molar-refractivity contribution >= 4 is 27.4 Å². The van der Waals surface area contributed by atoms with E-state index >= 15 is 0 Å². The van der Waals surface area contributed by atoms with Gasteiger partial charge in [0.1, 0.15) is 0 Å². The van der Waals surface area contributed by atoms with Crippen molar-refractivity contribution in [2.75, 3.05) is 5.75 Å². The Bertz CT molecular complexity index is 742. The zero-order valence-corrected chi connectivity index (χ0v) is 11.7. The van der Waals surface area contributed by atoms with Gasteiger partial charge >= 0.3 is 5.97 Å². The van der Waals surface area contributed by atoms with Crippen molar-refractivity contribution in [3.05, 3.63) is 41.2 Å². The molecule has 1 aromatic heterocycles. The molecule has 0 spiro atoms. The molecule has 0 saturated carbocycles. The normalized spacial score (nSPS) is 11.4. The Balaban J connectivity index is 2.11. The minimum absolute atomic E-state index is 0.00905. The van der Waals surface area contributed by atoms with Crippen molar-refractivity contribution in [3.8, 4) is 0 Å². The van der Waals surface area contributed by atoms with Gasteiger partial charge in [0.25, 0.3) is 0 Å². The van der Waals surface area contributed by atoms with E-state index < -0.39 is 15.8 Å². The van der Waals surface area contributed by atoms with E-state index in [0.29, 0.717) is 5.02 Å². The quantitative estimate of drug-likeness (QED) is 0.886. The van der Waals surface area contributed by atoms with E-state index in [1.54, 1.807) is 12.1 Å². The van der Waals surface area contributed by atoms with Gasteiger partial charge in [0.05, 0.1) is 23.4 Å². The fourth-order valence-electron chi connectivity index (χ4n) is 1.50. The first kappa shape index (κ1) is 14.5. The third-order valence-corrected chi connectivity index (χ3v) is 4.43. The first-order chi connectivity index (χ1) is 9.38. The second-order valence-corrected chi connectivity index (χ2v) is 6.49. The second kappa shape index (κ2) is 5.59. The summed E-state index contributed by atoms with van der Waals surface area (Å²) >= 11 is 5.75. The number of aromatic carboxylic acids is 1. The number of hydrogen-bond acceptors (Lipinski definition) is 5. The number of hydrogen-bond donors (Lipinski definition) is 1. The zero-order chi connectivity index (χ0) is 14.8. The summed E-state index contributed by atoms with van der Waals surface area (Å²) in [5.41, 5.74) is -0.231. The maximum atomic E-state index is 12.1. The number of benzene rings is 1. The highest BCUT2D eigenvalue weighted by molar-refractivity contribution is 7.91. The summed E-state index contributed by atoms with van der Waals surface area (Å²) in [6, 6.07) is 5.94. The Morgan fingerprint density at radius 2 is 2.15 bits per heavy atom. The summed E-state index contributed by atoms with van der Waals surface area (Å²) < 4.78 is 25.3. The molecule has 0 amide bonds. The van der Waals surface area contributed by atoms with E-state index in [1.165, 1.54) is 23.0 Å². The Kier molecular flexibility index (Phi) is 4.05. The molecular formula is C11H10ClN3O4S. The topological polar surface area (TPSA) is 102 Å². The molecule has 1 aromatic carbocycles. The van der Waals surface area contributed by atoms with Crippen LogP contribution in [0.25, 0.3) is 0 Å². The average Bonchev–Trinajstić information content (AvgIpc) is 2.85. The van der Waals surface area contributed by atoms with Gasteiger partial charge in [-0.25, -0.2) is 13.2 Å². The number of nitrogens with zero attached hydrogens (tertiary/aromatic N) is 3. The number of aryl methyl sites for hydroxylation is 1. The molecule has 1 heterocycles. The number of aromatic nitrogens is 3. The van der Waals surface area contributed by atoms with Crippen LogP contribution < -0.4 is 0 Å². The molecule has 0 aliphatic rings. The van der Waals surface area contributed by atoms with E-state index in [2.05, 4.69) is 10.3 Å². The minimum atomic E-state index is -3.51. The van der Waals surface area contributed by atoms with Crippen molar-refractivity contribution in [1.29, 1.82) is 0 Å². The van der Waals surface area contributed by atoms with Crippen molar-refractivity contribution in [3.63, 3.8) is 0 Å². The fourth-order valence-corrected chi connectivity index (χ4v) is 3.01. The molecule has 0 aliphatic heterocycles. The van der Waals surface area contributed by atoms with Crippen LogP contribution in [0.5, 0.6) is 0 Å². The lowest BCUT2D eigenvalue weighted by Gasteiger charge is -2.04. The summed E-state index contributed by atoms with van der Waals surface area (Å²) in [5.74, 6) is -1.44. The molecule has 0 radical (unpaired) electrons. The van der Waals surface area contributed by atoms with E-state index in [4.69, 9.17) is 16.7 Å². The first-order valence-electron chi connectivity index (χ1n) is 5.50. The number of sulfone groups is 1. The van der Waals surface area contributed by atoms with Gasteiger partial charge in [-0.2, -0.15) is 0 Å². The number of halogens is 1. The molecule has 0 fully saturated rings. The van der Waals surface area contributed by atoms with Crippen LogP contribution in [-0.4, -0.2) is 40.2 Å². The van der Waals surface area contributed by atoms with Crippen LogP contribution in [0.2, 0.25) is 5.02 Å². The standard InChI is InChI=1S/C11H10ClN3O4S/c12-8-2-1-3-9(6-8)20(18,19)5-4-15-7-10(11(16)17)13-14-15/h1-3,6-7H,4-5H2,(H,16,17). The molecule has 1 N–H and O–H groups in total. The van der Waals surface area contributed by atoms with E-state index in [9.17, 15) is 13.2 Å². The Labute approximate surface area is 119 Å². The Hall–Kier alpha value is -1.93. The molecule has 0 aliphatic carbocycles. The highest BCUT2D eigenvalue weighted by Gasteiger charge is 2.16. The molecular weight excluding hydrogens is 306 g/mol. The van der Waals surface area contributed by atoms with Crippen molar-refractivity contribution in [2.24, 2.45) is 0 Å². The predicted molar refractivity (Wildman–Crippen MR) is 70.5 cm³/mol. The minimum Gasteiger partial charge on any atom is -0.476 e. The van der Waals surface area contributed by atoms with Gasteiger partial charge in [-0.3, -0.25) is 4.68 Å². The maximum Gasteiger partial charge on any atom is 0.358 e. The van der Waals surface area contributed by atoms with Crippen LogP contribution in [0.15, 0.2) is 35.4 Å². The van der Waals surface area contributed by atoms with Crippen molar-refractivity contribution in [1.82, 2.24) is 15.0 Å². The molecule has 9 heteroatoms. The molecule has 0 unspecified atom stereocenters. The summed E-state index contributed by atoms with van der Waals surface area (Å²) in [7, 11) is -3.51. The lowest BCUT2D eigenvalue weighted by Crippen LogP contribution is -2.13. The third kappa shape index (κ3) is 3.34. The third-order valence-electron chi connectivity index (χ3n) is 2.50. The van der Waals surface area contributed by atoms with Gasteiger partial charge < -0.3 is 5.11 Å². The summed E-state index contributed by atoms with van der Waals surface area (Å²) in [6.07, 6.45) is 1.18. The number of carboxylic acid groups (broad SMARTS) is 1. The van der Waals surface area contributed by atoms with E-state index in [0.717, 1.165) is 0 Å². The number of carboxylic acids is 1. The van der Waals surface area contributed by atoms with Crippen LogP contribution >= 0.6 is 11.6 Å². The molecule has 2 aromatic rings. The monoisotopic (exact) mass is 315 g/mol. The zero-order valence-electron chi connectivity index (χ0n) is 10.1. The van der Waals surface area contributed by atoms with Crippen LogP contribution in [0, 0.1) is 0 Å². The summed E-state index contributed by atoms with van der Waals surface area (Å²) in [4.78, 5) is 10.7. The van der Waals surface area contributed by atoms with E-state index in [-0.39, 0.29) is 22.9 Å². The molecule has 0 saturated heterocycles. The number of carbonyl (C=O) groups is 1. The smallest absolute Gasteiger partial charge is 0.358 e. The van der Waals surface area contributed by atoms with Gasteiger partial charge in [0, 0.05) is 5.02 Å². The molecule has 0 atom stereocenters. The lowest BCUT2D eigenvalue weighted by molar-refractivity contribution is 0.0690. The van der Waals surface area contributed by atoms with Gasteiger partial charge in [-0.1, -0.05) is 22.9 Å². The Morgan fingerprint density at radius 3 is 2.75 bits per heavy atom. The number of rotatable bonds is 5. The van der Waals surface area contributed by atoms with Crippen LogP contribution in [0.1, 0.15) is 10.5 Å². The summed E-state index contributed by atoms with van der Waals surface area (Å²) in [5, 5.41) is 16.0. The molecule has 106 valence electrons. The average molecular weight is 316 g/mol. The SMILES string of the molecule is O=C(O)c1cn(CCS(=O)(=O)c2cccc(Cl)c2)nn1. The highest BCUT2D eigenvalue weighted by atomic mass is 35.5. The summed E-state index contributed by atoms with van der Waals surface area (Å²) in [6.45, 7) is 0.00905. The van der Waals surface area contributed by atoms with Gasteiger partial charge in [-0.15, -0.1) is 5.10 Å². The van der Waals surface area contributed by atoms with Crippen LogP contribution in [-0.2, 0) is 16.4 Å². The first-order valence-corrected chi connectivity index (χ1v) is 7.53. The maximum absolute atomic E-state index is 12.1.